The summed E-state index contributed by atoms with van der Waals surface area (Å²) in [4.78, 5) is 0. The van der Waals surface area contributed by atoms with Gasteiger partial charge in [0.05, 0.1) is 20.8 Å². The largest absolute Gasteiger partial charge is 0.358 e. The molecule has 0 fully saturated rings. The fourth-order valence-electron chi connectivity index (χ4n) is 1.59. The van der Waals surface area contributed by atoms with E-state index >= 15 is 0 Å². The van der Waals surface area contributed by atoms with Gasteiger partial charge in [-0.15, -0.1) is 0 Å². The highest BCUT2D eigenvalue weighted by atomic mass is 35.5. The lowest BCUT2D eigenvalue weighted by atomic mass is 10.2. The van der Waals surface area contributed by atoms with Gasteiger partial charge >= 0.3 is 0 Å². The molecular weight excluding hydrogens is 370 g/mol. The zero-order valence-electron chi connectivity index (χ0n) is 10.6. The summed E-state index contributed by atoms with van der Waals surface area (Å²) in [7, 11) is 0. The van der Waals surface area contributed by atoms with Gasteiger partial charge in [-0.3, -0.25) is 0 Å². The maximum Gasteiger partial charge on any atom is 0.171 e. The zero-order chi connectivity index (χ0) is 15.4. The summed E-state index contributed by atoms with van der Waals surface area (Å²) in [6.07, 6.45) is 0. The van der Waals surface area contributed by atoms with Crippen molar-refractivity contribution in [3.8, 4) is 0 Å². The van der Waals surface area contributed by atoms with Crippen molar-refractivity contribution >= 4 is 69.4 Å². The second-order valence-corrected chi connectivity index (χ2v) is 6.25. The third kappa shape index (κ3) is 4.90. The third-order valence-electron chi connectivity index (χ3n) is 2.61. The average Bonchev–Trinajstić information content (AvgIpc) is 2.44. The van der Waals surface area contributed by atoms with Crippen molar-refractivity contribution in [1.29, 1.82) is 0 Å². The second-order valence-electron chi connectivity index (χ2n) is 4.18. The van der Waals surface area contributed by atoms with Crippen LogP contribution in [0.2, 0.25) is 20.1 Å². The maximum atomic E-state index is 6.05. The molecule has 2 rings (SSSR count). The summed E-state index contributed by atoms with van der Waals surface area (Å²) in [5.74, 6) is 0. The Hall–Kier alpha value is -0.710. The summed E-state index contributed by atoms with van der Waals surface area (Å²) in [5, 5.41) is 8.63. The molecule has 110 valence electrons. The first-order valence-corrected chi connectivity index (χ1v) is 7.81. The van der Waals surface area contributed by atoms with E-state index in [0.717, 1.165) is 5.56 Å². The number of nitrogens with one attached hydrogen (secondary N) is 2. The number of halogens is 4. The standard InChI is InChI=1S/C14H10Cl4N2S/c15-9-2-4-11(17)13(6-9)20-14(21)19-7-8-1-3-10(16)12(18)5-8/h1-6H,7H2,(H2,19,20,21). The predicted molar refractivity (Wildman–Crippen MR) is 96.0 cm³/mol. The highest BCUT2D eigenvalue weighted by Gasteiger charge is 2.04. The second kappa shape index (κ2) is 7.52. The van der Waals surface area contributed by atoms with E-state index in [1.54, 1.807) is 30.3 Å². The first-order chi connectivity index (χ1) is 9.95. The molecule has 2 aromatic rings. The van der Waals surface area contributed by atoms with Crippen LogP contribution >= 0.6 is 58.6 Å². The Kier molecular flexibility index (Phi) is 5.97. The quantitative estimate of drug-likeness (QED) is 0.660. The number of rotatable bonds is 3. The van der Waals surface area contributed by atoms with Crippen LogP contribution in [0.1, 0.15) is 5.56 Å². The van der Waals surface area contributed by atoms with Crippen LogP contribution in [0, 0.1) is 0 Å². The highest BCUT2D eigenvalue weighted by Crippen LogP contribution is 2.25. The average molecular weight is 380 g/mol. The van der Waals surface area contributed by atoms with Crippen LogP contribution < -0.4 is 10.6 Å². The third-order valence-corrected chi connectivity index (χ3v) is 4.16. The molecule has 7 heteroatoms. The van der Waals surface area contributed by atoms with Crippen molar-refractivity contribution in [3.63, 3.8) is 0 Å². The lowest BCUT2D eigenvalue weighted by Gasteiger charge is -2.12. The van der Waals surface area contributed by atoms with Crippen molar-refractivity contribution in [1.82, 2.24) is 5.32 Å². The maximum absolute atomic E-state index is 6.05. The van der Waals surface area contributed by atoms with Gasteiger partial charge in [0.25, 0.3) is 0 Å². The van der Waals surface area contributed by atoms with Crippen molar-refractivity contribution < 1.29 is 0 Å². The smallest absolute Gasteiger partial charge is 0.171 e. The molecule has 2 nitrogen and oxygen atoms in total. The van der Waals surface area contributed by atoms with Gasteiger partial charge in [-0.25, -0.2) is 0 Å². The zero-order valence-corrected chi connectivity index (χ0v) is 14.4. The lowest BCUT2D eigenvalue weighted by molar-refractivity contribution is 0.926. The monoisotopic (exact) mass is 378 g/mol. The number of hydrogen-bond donors (Lipinski definition) is 2. The Balaban J connectivity index is 1.95. The number of benzene rings is 2. The van der Waals surface area contributed by atoms with E-state index in [9.17, 15) is 0 Å². The summed E-state index contributed by atoms with van der Waals surface area (Å²) in [6, 6.07) is 10.5. The summed E-state index contributed by atoms with van der Waals surface area (Å²) in [5.41, 5.74) is 1.61. The topological polar surface area (TPSA) is 24.1 Å². The highest BCUT2D eigenvalue weighted by molar-refractivity contribution is 7.80. The molecule has 0 atom stereocenters. The van der Waals surface area contributed by atoms with Crippen LogP contribution in [-0.4, -0.2) is 5.11 Å². The predicted octanol–water partition coefficient (Wildman–Crippen LogP) is 5.79. The minimum Gasteiger partial charge on any atom is -0.358 e. The van der Waals surface area contributed by atoms with E-state index < -0.39 is 0 Å². The Morgan fingerprint density at radius 2 is 1.62 bits per heavy atom. The molecule has 0 aliphatic rings. The van der Waals surface area contributed by atoms with Crippen LogP contribution in [0.25, 0.3) is 0 Å². The van der Waals surface area contributed by atoms with E-state index in [2.05, 4.69) is 10.6 Å². The molecule has 0 aliphatic heterocycles. The molecule has 2 N–H and O–H groups in total. The normalized spacial score (nSPS) is 10.3. The molecule has 0 spiro atoms. The molecule has 0 radical (unpaired) electrons. The molecule has 0 bridgehead atoms. The molecule has 0 saturated carbocycles. The number of hydrogen-bond acceptors (Lipinski definition) is 1. The molecule has 2 aromatic carbocycles. The van der Waals surface area contributed by atoms with Crippen LogP contribution in [0.4, 0.5) is 5.69 Å². The molecule has 0 heterocycles. The van der Waals surface area contributed by atoms with E-state index in [1.165, 1.54) is 0 Å². The molecule has 0 unspecified atom stereocenters. The van der Waals surface area contributed by atoms with Crippen molar-refractivity contribution in [2.75, 3.05) is 5.32 Å². The molecule has 0 saturated heterocycles. The Labute approximate surface area is 148 Å². The fourth-order valence-corrected chi connectivity index (χ4v) is 2.43. The molecule has 21 heavy (non-hydrogen) atoms. The van der Waals surface area contributed by atoms with Crippen LogP contribution in [0.3, 0.4) is 0 Å². The van der Waals surface area contributed by atoms with Crippen LogP contribution in [-0.2, 0) is 6.54 Å². The number of thiocarbonyl (C=S) groups is 1. The van der Waals surface area contributed by atoms with Gasteiger partial charge in [-0.05, 0) is 48.1 Å². The Morgan fingerprint density at radius 3 is 2.33 bits per heavy atom. The minimum absolute atomic E-state index is 0.435. The van der Waals surface area contributed by atoms with Crippen LogP contribution in [0.5, 0.6) is 0 Å². The van der Waals surface area contributed by atoms with Gasteiger partial charge in [0.15, 0.2) is 5.11 Å². The van der Waals surface area contributed by atoms with Gasteiger partial charge in [-0.1, -0.05) is 52.5 Å². The van der Waals surface area contributed by atoms with E-state index in [4.69, 9.17) is 58.6 Å². The summed E-state index contributed by atoms with van der Waals surface area (Å²) >= 11 is 29.0. The lowest BCUT2D eigenvalue weighted by Crippen LogP contribution is -2.28. The van der Waals surface area contributed by atoms with Crippen molar-refractivity contribution in [2.45, 2.75) is 6.54 Å². The number of anilines is 1. The van der Waals surface area contributed by atoms with Gasteiger partial charge < -0.3 is 10.6 Å². The SMILES string of the molecule is S=C(NCc1ccc(Cl)c(Cl)c1)Nc1cc(Cl)ccc1Cl. The van der Waals surface area contributed by atoms with Crippen LogP contribution in [0.15, 0.2) is 36.4 Å². The van der Waals surface area contributed by atoms with E-state index in [0.29, 0.717) is 37.4 Å². The van der Waals surface area contributed by atoms with Gasteiger partial charge in [0.1, 0.15) is 0 Å². The van der Waals surface area contributed by atoms with Crippen molar-refractivity contribution in [3.05, 3.63) is 62.1 Å². The minimum atomic E-state index is 0.435. The molecule has 0 aromatic heterocycles. The van der Waals surface area contributed by atoms with Gasteiger partial charge in [0.2, 0.25) is 0 Å². The molecular formula is C14H10Cl4N2S. The molecule has 0 aliphatic carbocycles. The summed E-state index contributed by atoms with van der Waals surface area (Å²) in [6.45, 7) is 0.515. The summed E-state index contributed by atoms with van der Waals surface area (Å²) < 4.78 is 0. The van der Waals surface area contributed by atoms with E-state index in [-0.39, 0.29) is 0 Å². The Morgan fingerprint density at radius 1 is 0.905 bits per heavy atom. The van der Waals surface area contributed by atoms with Gasteiger partial charge in [-0.2, -0.15) is 0 Å². The van der Waals surface area contributed by atoms with Gasteiger partial charge in [0, 0.05) is 11.6 Å². The Bertz CT molecular complexity index is 676. The fraction of sp³-hybridized carbons (Fsp3) is 0.0714. The first kappa shape index (κ1) is 16.7. The first-order valence-electron chi connectivity index (χ1n) is 5.89. The van der Waals surface area contributed by atoms with E-state index in [1.807, 2.05) is 6.07 Å². The van der Waals surface area contributed by atoms with Crippen molar-refractivity contribution in [2.24, 2.45) is 0 Å². The molecule has 0 amide bonds.